The van der Waals surface area contributed by atoms with Crippen LogP contribution in [-0.4, -0.2) is 33.9 Å². The molecule has 3 unspecified atom stereocenters. The first kappa shape index (κ1) is 15.0. The monoisotopic (exact) mass is 280 g/mol. The fourth-order valence-corrected chi connectivity index (χ4v) is 2.89. The van der Waals surface area contributed by atoms with Crippen LogP contribution in [0.15, 0.2) is 12.4 Å². The molecule has 2 rings (SSSR count). The number of hydrogen-bond donors (Lipinski definition) is 3. The van der Waals surface area contributed by atoms with Crippen LogP contribution in [0.5, 0.6) is 0 Å². The van der Waals surface area contributed by atoms with E-state index in [9.17, 15) is 9.90 Å². The number of nitrogens with one attached hydrogen (secondary N) is 1. The number of carbonyl (C=O) groups is 1. The summed E-state index contributed by atoms with van der Waals surface area (Å²) in [4.78, 5) is 12.1. The van der Waals surface area contributed by atoms with E-state index >= 15 is 0 Å². The Hall–Kier alpha value is -1.40. The lowest BCUT2D eigenvalue weighted by Crippen LogP contribution is -2.39. The Labute approximate surface area is 119 Å². The largest absolute Gasteiger partial charge is 0.396 e. The lowest BCUT2D eigenvalue weighted by atomic mass is 9.79. The molecule has 0 aliphatic heterocycles. The SMILES string of the molecule is Cn1cc(C(N)C(=O)NCC2CCCCC2CO)cn1. The number of aliphatic hydroxyl groups excluding tert-OH is 1. The van der Waals surface area contributed by atoms with Crippen molar-refractivity contribution in [2.45, 2.75) is 31.7 Å². The van der Waals surface area contributed by atoms with Crippen LogP contribution in [0.3, 0.4) is 0 Å². The lowest BCUT2D eigenvalue weighted by Gasteiger charge is -2.30. The number of carbonyl (C=O) groups excluding carboxylic acids is 1. The standard InChI is InChI=1S/C14H24N4O2/c1-18-8-12(7-17-18)13(15)14(20)16-6-10-4-2-3-5-11(10)9-19/h7-8,10-11,13,19H,2-6,9,15H2,1H3,(H,16,20). The summed E-state index contributed by atoms with van der Waals surface area (Å²) < 4.78 is 1.63. The fourth-order valence-electron chi connectivity index (χ4n) is 2.89. The van der Waals surface area contributed by atoms with Gasteiger partial charge >= 0.3 is 0 Å². The van der Waals surface area contributed by atoms with Crippen LogP contribution in [0, 0.1) is 11.8 Å². The second-order valence-corrected chi connectivity index (χ2v) is 5.66. The van der Waals surface area contributed by atoms with E-state index in [4.69, 9.17) is 5.73 Å². The molecule has 112 valence electrons. The van der Waals surface area contributed by atoms with Gasteiger partial charge in [0.1, 0.15) is 6.04 Å². The predicted molar refractivity (Wildman–Crippen MR) is 75.7 cm³/mol. The van der Waals surface area contributed by atoms with Crippen LogP contribution in [0.25, 0.3) is 0 Å². The van der Waals surface area contributed by atoms with E-state index in [1.165, 1.54) is 12.8 Å². The average molecular weight is 280 g/mol. The minimum absolute atomic E-state index is 0.180. The van der Waals surface area contributed by atoms with Gasteiger partial charge in [0.15, 0.2) is 0 Å². The van der Waals surface area contributed by atoms with Gasteiger partial charge in [0, 0.05) is 32.0 Å². The Balaban J connectivity index is 1.85. The summed E-state index contributed by atoms with van der Waals surface area (Å²) in [5.74, 6) is 0.484. The van der Waals surface area contributed by atoms with Gasteiger partial charge in [0.05, 0.1) is 6.20 Å². The molecule has 1 aromatic rings. The lowest BCUT2D eigenvalue weighted by molar-refractivity contribution is -0.122. The Morgan fingerprint density at radius 1 is 1.55 bits per heavy atom. The topological polar surface area (TPSA) is 93.2 Å². The van der Waals surface area contributed by atoms with E-state index in [2.05, 4.69) is 10.4 Å². The molecule has 0 aromatic carbocycles. The van der Waals surface area contributed by atoms with Crippen molar-refractivity contribution in [2.24, 2.45) is 24.6 Å². The molecule has 1 aliphatic rings. The number of nitrogens with zero attached hydrogens (tertiary/aromatic N) is 2. The van der Waals surface area contributed by atoms with E-state index < -0.39 is 6.04 Å². The molecule has 1 aliphatic carbocycles. The maximum atomic E-state index is 12.1. The van der Waals surface area contributed by atoms with Crippen LogP contribution in [0.1, 0.15) is 37.3 Å². The van der Waals surface area contributed by atoms with Crippen LogP contribution >= 0.6 is 0 Å². The van der Waals surface area contributed by atoms with Crippen molar-refractivity contribution in [3.8, 4) is 0 Å². The van der Waals surface area contributed by atoms with Gasteiger partial charge in [-0.1, -0.05) is 12.8 Å². The number of amides is 1. The highest BCUT2D eigenvalue weighted by Gasteiger charge is 2.26. The van der Waals surface area contributed by atoms with Gasteiger partial charge in [0.2, 0.25) is 5.91 Å². The first-order valence-electron chi connectivity index (χ1n) is 7.24. The van der Waals surface area contributed by atoms with E-state index in [0.717, 1.165) is 12.8 Å². The summed E-state index contributed by atoms with van der Waals surface area (Å²) in [6, 6.07) is -0.681. The molecular weight excluding hydrogens is 256 g/mol. The van der Waals surface area contributed by atoms with E-state index in [1.54, 1.807) is 24.1 Å². The minimum atomic E-state index is -0.681. The van der Waals surface area contributed by atoms with Crippen molar-refractivity contribution >= 4 is 5.91 Å². The summed E-state index contributed by atoms with van der Waals surface area (Å²) >= 11 is 0. The number of hydrogen-bond acceptors (Lipinski definition) is 4. The highest BCUT2D eigenvalue weighted by atomic mass is 16.3. The summed E-state index contributed by atoms with van der Waals surface area (Å²) in [5, 5.41) is 16.3. The maximum absolute atomic E-state index is 12.1. The Morgan fingerprint density at radius 3 is 2.85 bits per heavy atom. The molecule has 1 saturated carbocycles. The summed E-state index contributed by atoms with van der Waals surface area (Å²) in [6.45, 7) is 0.799. The van der Waals surface area contributed by atoms with Crippen molar-refractivity contribution in [3.05, 3.63) is 18.0 Å². The van der Waals surface area contributed by atoms with E-state index in [0.29, 0.717) is 23.9 Å². The third-order valence-corrected chi connectivity index (χ3v) is 4.21. The van der Waals surface area contributed by atoms with Gasteiger partial charge in [-0.3, -0.25) is 9.48 Å². The molecule has 1 amide bonds. The van der Waals surface area contributed by atoms with Crippen molar-refractivity contribution in [3.63, 3.8) is 0 Å². The zero-order valence-corrected chi connectivity index (χ0v) is 12.0. The highest BCUT2D eigenvalue weighted by molar-refractivity contribution is 5.82. The Kier molecular flexibility index (Phi) is 5.14. The Morgan fingerprint density at radius 2 is 2.25 bits per heavy atom. The molecule has 0 bridgehead atoms. The van der Waals surface area contributed by atoms with Gasteiger partial charge in [-0.15, -0.1) is 0 Å². The summed E-state index contributed by atoms with van der Waals surface area (Å²) in [7, 11) is 1.79. The smallest absolute Gasteiger partial charge is 0.241 e. The molecule has 6 heteroatoms. The van der Waals surface area contributed by atoms with Gasteiger partial charge in [0.25, 0.3) is 0 Å². The van der Waals surface area contributed by atoms with Crippen LogP contribution in [0.2, 0.25) is 0 Å². The maximum Gasteiger partial charge on any atom is 0.241 e. The molecule has 0 saturated heterocycles. The molecular formula is C14H24N4O2. The molecule has 1 fully saturated rings. The van der Waals surface area contributed by atoms with Crippen molar-refractivity contribution in [2.75, 3.05) is 13.2 Å². The second-order valence-electron chi connectivity index (χ2n) is 5.66. The quantitative estimate of drug-likeness (QED) is 0.725. The van der Waals surface area contributed by atoms with Crippen LogP contribution < -0.4 is 11.1 Å². The van der Waals surface area contributed by atoms with Crippen molar-refractivity contribution in [1.82, 2.24) is 15.1 Å². The molecule has 1 aromatic heterocycles. The number of aryl methyl sites for hydroxylation is 1. The molecule has 1 heterocycles. The summed E-state index contributed by atoms with van der Waals surface area (Å²) in [6.07, 6.45) is 7.82. The molecule has 0 spiro atoms. The van der Waals surface area contributed by atoms with Crippen LogP contribution in [0.4, 0.5) is 0 Å². The molecule has 4 N–H and O–H groups in total. The van der Waals surface area contributed by atoms with E-state index in [1.807, 2.05) is 0 Å². The van der Waals surface area contributed by atoms with Gasteiger partial charge in [-0.05, 0) is 24.7 Å². The molecule has 3 atom stereocenters. The highest BCUT2D eigenvalue weighted by Crippen LogP contribution is 2.29. The minimum Gasteiger partial charge on any atom is -0.396 e. The zero-order valence-electron chi connectivity index (χ0n) is 12.0. The number of rotatable bonds is 5. The van der Waals surface area contributed by atoms with Crippen molar-refractivity contribution < 1.29 is 9.90 Å². The third kappa shape index (κ3) is 3.58. The van der Waals surface area contributed by atoms with Crippen LogP contribution in [-0.2, 0) is 11.8 Å². The van der Waals surface area contributed by atoms with Gasteiger partial charge in [-0.25, -0.2) is 0 Å². The van der Waals surface area contributed by atoms with Gasteiger partial charge in [-0.2, -0.15) is 5.10 Å². The molecule has 20 heavy (non-hydrogen) atoms. The number of nitrogens with two attached hydrogens (primary N) is 1. The number of aromatic nitrogens is 2. The van der Waals surface area contributed by atoms with E-state index in [-0.39, 0.29) is 12.5 Å². The van der Waals surface area contributed by atoms with Crippen molar-refractivity contribution in [1.29, 1.82) is 0 Å². The normalized spacial score (nSPS) is 24.4. The molecule has 0 radical (unpaired) electrons. The first-order valence-corrected chi connectivity index (χ1v) is 7.24. The molecule has 6 nitrogen and oxygen atoms in total. The Bertz CT molecular complexity index is 446. The second kappa shape index (κ2) is 6.85. The van der Waals surface area contributed by atoms with Gasteiger partial charge < -0.3 is 16.2 Å². The zero-order chi connectivity index (χ0) is 14.5. The number of aliphatic hydroxyl groups is 1. The third-order valence-electron chi connectivity index (χ3n) is 4.21. The first-order chi connectivity index (χ1) is 9.61. The predicted octanol–water partition coefficient (Wildman–Crippen LogP) is 0.335. The average Bonchev–Trinajstić information content (AvgIpc) is 2.90. The summed E-state index contributed by atoms with van der Waals surface area (Å²) in [5.41, 5.74) is 6.64. The fraction of sp³-hybridized carbons (Fsp3) is 0.714.